The Balaban J connectivity index is 1.38. The molecule has 1 aromatic heterocycles. The van der Waals surface area contributed by atoms with E-state index in [1.807, 2.05) is 62.4 Å². The van der Waals surface area contributed by atoms with Crippen LogP contribution in [0.2, 0.25) is 0 Å². The molecule has 0 radical (unpaired) electrons. The molecule has 0 spiro atoms. The van der Waals surface area contributed by atoms with Crippen molar-refractivity contribution in [2.45, 2.75) is 39.2 Å². The van der Waals surface area contributed by atoms with E-state index < -0.39 is 0 Å². The van der Waals surface area contributed by atoms with Crippen LogP contribution in [-0.2, 0) is 16.0 Å². The monoisotopic (exact) mass is 361 g/mol. The van der Waals surface area contributed by atoms with Gasteiger partial charge in [-0.25, -0.2) is 0 Å². The molecule has 1 aliphatic carbocycles. The number of hydrogen-bond acceptors (Lipinski definition) is 3. The van der Waals surface area contributed by atoms with Gasteiger partial charge in [0, 0.05) is 23.0 Å². The van der Waals surface area contributed by atoms with Gasteiger partial charge in [0.05, 0.1) is 6.42 Å². The number of Topliss-reactive ketones (excluding diaryl/α,β-unsaturated/α-hetero) is 1. The molecule has 4 heteroatoms. The number of fused-ring (bicyclic) bond motifs is 1. The van der Waals surface area contributed by atoms with Gasteiger partial charge in [0.1, 0.15) is 0 Å². The number of ether oxygens (including phenoxy) is 1. The first-order chi connectivity index (χ1) is 13.0. The van der Waals surface area contributed by atoms with Crippen LogP contribution in [0.3, 0.4) is 0 Å². The molecular weight excluding hydrogens is 338 g/mol. The van der Waals surface area contributed by atoms with Gasteiger partial charge in [0.15, 0.2) is 6.61 Å². The molecule has 0 amide bonds. The van der Waals surface area contributed by atoms with Crippen LogP contribution in [0.5, 0.6) is 0 Å². The third kappa shape index (κ3) is 3.65. The summed E-state index contributed by atoms with van der Waals surface area (Å²) in [7, 11) is 0. The number of esters is 1. The highest BCUT2D eigenvalue weighted by Crippen LogP contribution is 2.38. The summed E-state index contributed by atoms with van der Waals surface area (Å²) < 4.78 is 7.48. The fourth-order valence-corrected chi connectivity index (χ4v) is 3.74. The average Bonchev–Trinajstić information content (AvgIpc) is 3.44. The van der Waals surface area contributed by atoms with Crippen molar-refractivity contribution >= 4 is 22.5 Å². The van der Waals surface area contributed by atoms with E-state index in [4.69, 9.17) is 4.74 Å². The van der Waals surface area contributed by atoms with Crippen molar-refractivity contribution in [1.82, 2.24) is 4.57 Å². The standard InChI is InChI=1S/C23H23NO3/c1-15-11-21(16(2)24(15)20-9-10-20)22(25)14-27-23(26)13-17-7-8-18-5-3-4-6-19(18)12-17/h3-8,11-12,20H,9-10,13-14H2,1-2H3. The number of aromatic nitrogens is 1. The van der Waals surface area contributed by atoms with Crippen molar-refractivity contribution in [1.29, 1.82) is 0 Å². The Morgan fingerprint density at radius 2 is 1.78 bits per heavy atom. The molecule has 138 valence electrons. The van der Waals surface area contributed by atoms with Crippen LogP contribution < -0.4 is 0 Å². The lowest BCUT2D eigenvalue weighted by molar-refractivity contribution is -0.141. The first-order valence-electron chi connectivity index (χ1n) is 9.38. The summed E-state index contributed by atoms with van der Waals surface area (Å²) in [5.41, 5.74) is 3.63. The van der Waals surface area contributed by atoms with Crippen LogP contribution in [0.15, 0.2) is 48.5 Å². The lowest BCUT2D eigenvalue weighted by Gasteiger charge is -2.08. The average molecular weight is 361 g/mol. The quantitative estimate of drug-likeness (QED) is 0.478. The van der Waals surface area contributed by atoms with Crippen LogP contribution in [-0.4, -0.2) is 22.9 Å². The third-order valence-corrected chi connectivity index (χ3v) is 5.22. The number of carbonyl (C=O) groups is 2. The Labute approximate surface area is 158 Å². The molecule has 0 unspecified atom stereocenters. The summed E-state index contributed by atoms with van der Waals surface area (Å²) in [6, 6.07) is 16.4. The summed E-state index contributed by atoms with van der Waals surface area (Å²) in [6.07, 6.45) is 2.51. The maximum Gasteiger partial charge on any atom is 0.310 e. The zero-order chi connectivity index (χ0) is 19.0. The van der Waals surface area contributed by atoms with Crippen molar-refractivity contribution in [3.63, 3.8) is 0 Å². The van der Waals surface area contributed by atoms with E-state index in [1.54, 1.807) is 0 Å². The zero-order valence-corrected chi connectivity index (χ0v) is 15.7. The van der Waals surface area contributed by atoms with E-state index in [1.165, 1.54) is 12.8 Å². The van der Waals surface area contributed by atoms with Gasteiger partial charge in [0.25, 0.3) is 0 Å². The van der Waals surface area contributed by atoms with Crippen LogP contribution in [0, 0.1) is 13.8 Å². The number of rotatable bonds is 6. The second kappa shape index (κ2) is 7.03. The Bertz CT molecular complexity index is 1030. The molecule has 1 aliphatic rings. The molecule has 4 nitrogen and oxygen atoms in total. The summed E-state index contributed by atoms with van der Waals surface area (Å²) in [6.45, 7) is 3.78. The smallest absolute Gasteiger partial charge is 0.310 e. The molecule has 1 heterocycles. The van der Waals surface area contributed by atoms with Gasteiger partial charge in [-0.05, 0) is 49.1 Å². The lowest BCUT2D eigenvalue weighted by atomic mass is 10.1. The van der Waals surface area contributed by atoms with Gasteiger partial charge in [0.2, 0.25) is 5.78 Å². The van der Waals surface area contributed by atoms with Crippen molar-refractivity contribution in [3.05, 3.63) is 71.0 Å². The third-order valence-electron chi connectivity index (χ3n) is 5.22. The van der Waals surface area contributed by atoms with Gasteiger partial charge in [-0.3, -0.25) is 9.59 Å². The summed E-state index contributed by atoms with van der Waals surface area (Å²) in [5.74, 6) is -0.517. The zero-order valence-electron chi connectivity index (χ0n) is 15.7. The molecule has 3 aromatic rings. The van der Waals surface area contributed by atoms with Crippen molar-refractivity contribution in [3.8, 4) is 0 Å². The fraction of sp³-hybridized carbons (Fsp3) is 0.304. The molecule has 0 aliphatic heterocycles. The highest BCUT2D eigenvalue weighted by molar-refractivity contribution is 5.99. The summed E-state index contributed by atoms with van der Waals surface area (Å²) >= 11 is 0. The maximum atomic E-state index is 12.5. The molecule has 0 bridgehead atoms. The molecule has 0 saturated heterocycles. The van der Waals surface area contributed by atoms with E-state index in [-0.39, 0.29) is 24.8 Å². The SMILES string of the molecule is Cc1cc(C(=O)COC(=O)Cc2ccc3ccccc3c2)c(C)n1C1CC1. The van der Waals surface area contributed by atoms with E-state index >= 15 is 0 Å². The van der Waals surface area contributed by atoms with E-state index in [9.17, 15) is 9.59 Å². The molecule has 1 saturated carbocycles. The normalized spacial score (nSPS) is 13.7. The first-order valence-corrected chi connectivity index (χ1v) is 9.38. The Kier molecular flexibility index (Phi) is 4.56. The van der Waals surface area contributed by atoms with Gasteiger partial charge in [-0.15, -0.1) is 0 Å². The minimum absolute atomic E-state index is 0.137. The predicted octanol–water partition coefficient (Wildman–Crippen LogP) is 4.56. The lowest BCUT2D eigenvalue weighted by Crippen LogP contribution is -2.16. The second-order valence-electron chi connectivity index (χ2n) is 7.33. The van der Waals surface area contributed by atoms with Gasteiger partial charge >= 0.3 is 5.97 Å². The highest BCUT2D eigenvalue weighted by atomic mass is 16.5. The number of nitrogens with zero attached hydrogens (tertiary/aromatic N) is 1. The van der Waals surface area contributed by atoms with Gasteiger partial charge < -0.3 is 9.30 Å². The molecule has 27 heavy (non-hydrogen) atoms. The van der Waals surface area contributed by atoms with Gasteiger partial charge in [-0.2, -0.15) is 0 Å². The maximum absolute atomic E-state index is 12.5. The Hall–Kier alpha value is -2.88. The Morgan fingerprint density at radius 3 is 2.52 bits per heavy atom. The first kappa shape index (κ1) is 17.5. The van der Waals surface area contributed by atoms with Crippen molar-refractivity contribution in [2.24, 2.45) is 0 Å². The largest absolute Gasteiger partial charge is 0.457 e. The second-order valence-corrected chi connectivity index (χ2v) is 7.33. The van der Waals surface area contributed by atoms with E-state index in [0.717, 1.165) is 27.7 Å². The van der Waals surface area contributed by atoms with E-state index in [2.05, 4.69) is 4.57 Å². The molecule has 4 rings (SSSR count). The number of ketones is 1. The minimum Gasteiger partial charge on any atom is -0.457 e. The molecule has 2 aromatic carbocycles. The van der Waals surface area contributed by atoms with Crippen molar-refractivity contribution < 1.29 is 14.3 Å². The predicted molar refractivity (Wildman–Crippen MR) is 105 cm³/mol. The van der Waals surface area contributed by atoms with Crippen LogP contribution in [0.4, 0.5) is 0 Å². The number of benzene rings is 2. The Morgan fingerprint density at radius 1 is 1.04 bits per heavy atom. The summed E-state index contributed by atoms with van der Waals surface area (Å²) in [4.78, 5) is 24.7. The molecule has 0 atom stereocenters. The van der Waals surface area contributed by atoms with Gasteiger partial charge in [-0.1, -0.05) is 42.5 Å². The van der Waals surface area contributed by atoms with Crippen LogP contribution >= 0.6 is 0 Å². The molecule has 1 fully saturated rings. The van der Waals surface area contributed by atoms with Crippen LogP contribution in [0.1, 0.15) is 46.2 Å². The summed E-state index contributed by atoms with van der Waals surface area (Å²) in [5, 5.41) is 2.22. The number of hydrogen-bond donors (Lipinski definition) is 0. The highest BCUT2D eigenvalue weighted by Gasteiger charge is 2.28. The van der Waals surface area contributed by atoms with Crippen molar-refractivity contribution in [2.75, 3.05) is 6.61 Å². The molecule has 0 N–H and O–H groups in total. The fourth-order valence-electron chi connectivity index (χ4n) is 3.74. The van der Waals surface area contributed by atoms with Crippen LogP contribution in [0.25, 0.3) is 10.8 Å². The molecular formula is C23H23NO3. The topological polar surface area (TPSA) is 48.3 Å². The minimum atomic E-state index is -0.380. The van der Waals surface area contributed by atoms with E-state index in [0.29, 0.717) is 11.6 Å². The number of carbonyl (C=O) groups excluding carboxylic acids is 2. The number of aryl methyl sites for hydroxylation is 1.